The van der Waals surface area contributed by atoms with Crippen molar-refractivity contribution in [1.29, 1.82) is 0 Å². The van der Waals surface area contributed by atoms with Gasteiger partial charge in [0, 0.05) is 36.2 Å². The van der Waals surface area contributed by atoms with Gasteiger partial charge >= 0.3 is 0 Å². The number of nitrogens with one attached hydrogen (secondary N) is 1. The van der Waals surface area contributed by atoms with Crippen molar-refractivity contribution in [2.75, 3.05) is 26.2 Å². The van der Waals surface area contributed by atoms with Gasteiger partial charge in [-0.25, -0.2) is 0 Å². The monoisotopic (exact) mass is 298 g/mol. The fourth-order valence-corrected chi connectivity index (χ4v) is 3.47. The summed E-state index contributed by atoms with van der Waals surface area (Å²) in [6.07, 6.45) is 0.364. The fourth-order valence-electron chi connectivity index (χ4n) is 3.00. The number of nitrogens with zero attached hydrogens (tertiary/aromatic N) is 1. The Kier molecular flexibility index (Phi) is 3.70. The third-order valence-corrected chi connectivity index (χ3v) is 4.69. The molecule has 1 aromatic carbocycles. The lowest BCUT2D eigenvalue weighted by Crippen LogP contribution is -2.33. The van der Waals surface area contributed by atoms with Gasteiger partial charge < -0.3 is 10.2 Å². The molecule has 2 aliphatic heterocycles. The molecule has 1 amide bonds. The number of rotatable bonds is 2. The van der Waals surface area contributed by atoms with Crippen LogP contribution in [0.5, 0.6) is 0 Å². The molecule has 2 heterocycles. The molecule has 2 saturated heterocycles. The van der Waals surface area contributed by atoms with Crippen LogP contribution in [-0.2, 0) is 11.2 Å². The van der Waals surface area contributed by atoms with E-state index in [9.17, 15) is 4.79 Å². The van der Waals surface area contributed by atoms with Crippen LogP contribution < -0.4 is 5.32 Å². The minimum atomic E-state index is 0.165. The van der Waals surface area contributed by atoms with Gasteiger partial charge in [-0.1, -0.05) is 29.3 Å². The van der Waals surface area contributed by atoms with E-state index >= 15 is 0 Å². The summed E-state index contributed by atoms with van der Waals surface area (Å²) in [5, 5.41) is 4.55. The third kappa shape index (κ3) is 2.73. The molecular formula is C14H16Cl2N2O. The Morgan fingerprint density at radius 1 is 1.26 bits per heavy atom. The van der Waals surface area contributed by atoms with Crippen LogP contribution in [0.3, 0.4) is 0 Å². The second-order valence-electron chi connectivity index (χ2n) is 5.39. The minimum absolute atomic E-state index is 0.165. The van der Waals surface area contributed by atoms with Gasteiger partial charge in [0.2, 0.25) is 5.91 Å². The number of fused-ring (bicyclic) bond motifs is 1. The van der Waals surface area contributed by atoms with Crippen molar-refractivity contribution >= 4 is 29.1 Å². The first-order valence-corrected chi connectivity index (χ1v) is 7.31. The van der Waals surface area contributed by atoms with Crippen LogP contribution in [0, 0.1) is 11.8 Å². The highest BCUT2D eigenvalue weighted by Gasteiger charge is 2.37. The van der Waals surface area contributed by atoms with Crippen LogP contribution >= 0.6 is 23.2 Å². The van der Waals surface area contributed by atoms with Crippen molar-refractivity contribution < 1.29 is 4.79 Å². The SMILES string of the molecule is O=C(Cc1ccc(Cl)cc1Cl)N1C[C@H]2CNC[C@H]2C1. The summed E-state index contributed by atoms with van der Waals surface area (Å²) in [5.74, 6) is 1.42. The normalized spacial score (nSPS) is 25.7. The second-order valence-corrected chi connectivity index (χ2v) is 6.23. The molecule has 2 atom stereocenters. The Morgan fingerprint density at radius 3 is 2.58 bits per heavy atom. The van der Waals surface area contributed by atoms with E-state index in [0.717, 1.165) is 31.7 Å². The number of benzene rings is 1. The maximum atomic E-state index is 12.3. The minimum Gasteiger partial charge on any atom is -0.342 e. The molecule has 1 N–H and O–H groups in total. The van der Waals surface area contributed by atoms with E-state index in [-0.39, 0.29) is 5.91 Å². The smallest absolute Gasteiger partial charge is 0.227 e. The summed E-state index contributed by atoms with van der Waals surface area (Å²) >= 11 is 12.0. The summed E-state index contributed by atoms with van der Waals surface area (Å²) in [4.78, 5) is 14.3. The van der Waals surface area contributed by atoms with E-state index < -0.39 is 0 Å². The van der Waals surface area contributed by atoms with Crippen molar-refractivity contribution in [3.05, 3.63) is 33.8 Å². The lowest BCUT2D eigenvalue weighted by atomic mass is 10.0. The van der Waals surface area contributed by atoms with Crippen molar-refractivity contribution in [2.24, 2.45) is 11.8 Å². The molecule has 0 bridgehead atoms. The number of amides is 1. The maximum absolute atomic E-state index is 12.3. The first kappa shape index (κ1) is 13.2. The van der Waals surface area contributed by atoms with Crippen LogP contribution in [-0.4, -0.2) is 37.0 Å². The van der Waals surface area contributed by atoms with E-state index in [2.05, 4.69) is 5.32 Å². The molecule has 2 aliphatic rings. The third-order valence-electron chi connectivity index (χ3n) is 4.10. The molecule has 5 heteroatoms. The molecule has 1 aromatic rings. The predicted molar refractivity (Wildman–Crippen MR) is 76.6 cm³/mol. The molecule has 0 saturated carbocycles. The highest BCUT2D eigenvalue weighted by Crippen LogP contribution is 2.28. The Balaban J connectivity index is 1.65. The van der Waals surface area contributed by atoms with E-state index in [1.165, 1.54) is 0 Å². The molecule has 3 nitrogen and oxygen atoms in total. The van der Waals surface area contributed by atoms with Crippen LogP contribution in [0.2, 0.25) is 10.0 Å². The fraction of sp³-hybridized carbons (Fsp3) is 0.500. The van der Waals surface area contributed by atoms with E-state index in [1.807, 2.05) is 11.0 Å². The summed E-state index contributed by atoms with van der Waals surface area (Å²) in [6, 6.07) is 5.30. The number of hydrogen-bond donors (Lipinski definition) is 1. The molecule has 19 heavy (non-hydrogen) atoms. The average Bonchev–Trinajstić information content (AvgIpc) is 2.93. The van der Waals surface area contributed by atoms with Crippen molar-refractivity contribution in [2.45, 2.75) is 6.42 Å². The summed E-state index contributed by atoms with van der Waals surface area (Å²) in [6.45, 7) is 3.83. The molecule has 3 rings (SSSR count). The standard InChI is InChI=1S/C14H16Cl2N2O/c15-12-2-1-9(13(16)4-12)3-14(19)18-7-10-5-17-6-11(10)8-18/h1-2,4,10-11,17H,3,5-8H2/t10-,11+. The van der Waals surface area contributed by atoms with Crippen LogP contribution in [0.4, 0.5) is 0 Å². The van der Waals surface area contributed by atoms with Crippen LogP contribution in [0.25, 0.3) is 0 Å². The second kappa shape index (κ2) is 5.31. The van der Waals surface area contributed by atoms with Gasteiger partial charge in [-0.05, 0) is 29.5 Å². The zero-order chi connectivity index (χ0) is 13.4. The van der Waals surface area contributed by atoms with Gasteiger partial charge in [-0.15, -0.1) is 0 Å². The quantitative estimate of drug-likeness (QED) is 0.908. The summed E-state index contributed by atoms with van der Waals surface area (Å²) < 4.78 is 0. The van der Waals surface area contributed by atoms with Crippen LogP contribution in [0.15, 0.2) is 18.2 Å². The maximum Gasteiger partial charge on any atom is 0.227 e. The van der Waals surface area contributed by atoms with Gasteiger partial charge in [-0.2, -0.15) is 0 Å². The van der Waals surface area contributed by atoms with E-state index in [4.69, 9.17) is 23.2 Å². The highest BCUT2D eigenvalue weighted by molar-refractivity contribution is 6.35. The number of carbonyl (C=O) groups is 1. The van der Waals surface area contributed by atoms with Gasteiger partial charge in [0.15, 0.2) is 0 Å². The van der Waals surface area contributed by atoms with E-state index in [1.54, 1.807) is 12.1 Å². The Labute approximate surface area is 122 Å². The zero-order valence-electron chi connectivity index (χ0n) is 10.5. The van der Waals surface area contributed by atoms with Crippen molar-refractivity contribution in [3.8, 4) is 0 Å². The molecule has 0 radical (unpaired) electrons. The van der Waals surface area contributed by atoms with Crippen LogP contribution in [0.1, 0.15) is 5.56 Å². The summed E-state index contributed by atoms with van der Waals surface area (Å²) in [7, 11) is 0. The lowest BCUT2D eigenvalue weighted by Gasteiger charge is -2.18. The topological polar surface area (TPSA) is 32.3 Å². The number of hydrogen-bond acceptors (Lipinski definition) is 2. The highest BCUT2D eigenvalue weighted by atomic mass is 35.5. The first-order valence-electron chi connectivity index (χ1n) is 6.56. The van der Waals surface area contributed by atoms with E-state index in [0.29, 0.717) is 28.3 Å². The molecular weight excluding hydrogens is 283 g/mol. The summed E-state index contributed by atoms with van der Waals surface area (Å²) in [5.41, 5.74) is 0.853. The molecule has 0 aromatic heterocycles. The number of likely N-dealkylation sites (tertiary alicyclic amines) is 1. The first-order chi connectivity index (χ1) is 9.13. The number of halogens is 2. The molecule has 0 spiro atoms. The largest absolute Gasteiger partial charge is 0.342 e. The van der Waals surface area contributed by atoms with Crippen molar-refractivity contribution in [3.63, 3.8) is 0 Å². The zero-order valence-corrected chi connectivity index (χ0v) is 12.0. The predicted octanol–water partition coefficient (Wildman–Crippen LogP) is 2.21. The van der Waals surface area contributed by atoms with Gasteiger partial charge in [0.25, 0.3) is 0 Å². The molecule has 2 fully saturated rings. The molecule has 102 valence electrons. The van der Waals surface area contributed by atoms with Gasteiger partial charge in [-0.3, -0.25) is 4.79 Å². The molecule has 0 aliphatic carbocycles. The molecule has 0 unspecified atom stereocenters. The van der Waals surface area contributed by atoms with Gasteiger partial charge in [0.1, 0.15) is 0 Å². The van der Waals surface area contributed by atoms with Crippen molar-refractivity contribution in [1.82, 2.24) is 10.2 Å². The Hall–Kier alpha value is -0.770. The van der Waals surface area contributed by atoms with Gasteiger partial charge in [0.05, 0.1) is 6.42 Å². The number of carbonyl (C=O) groups excluding carboxylic acids is 1. The lowest BCUT2D eigenvalue weighted by molar-refractivity contribution is -0.129. The Bertz CT molecular complexity index is 494. The average molecular weight is 299 g/mol. The Morgan fingerprint density at radius 2 is 1.95 bits per heavy atom.